The van der Waals surface area contributed by atoms with Crippen molar-refractivity contribution in [3.63, 3.8) is 0 Å². The molecule has 32 heavy (non-hydrogen) atoms. The van der Waals surface area contributed by atoms with Gasteiger partial charge in [0.25, 0.3) is 5.91 Å². The van der Waals surface area contributed by atoms with Crippen molar-refractivity contribution < 1.29 is 21.6 Å². The molecule has 0 aliphatic heterocycles. The van der Waals surface area contributed by atoms with E-state index in [1.165, 1.54) is 75.9 Å². The average molecular weight is 495 g/mol. The molecule has 9 nitrogen and oxygen atoms in total. The molecule has 12 heteroatoms. The number of hydrogen-bond acceptors (Lipinski definition) is 7. The predicted molar refractivity (Wildman–Crippen MR) is 124 cm³/mol. The molecule has 1 aromatic heterocycles. The van der Waals surface area contributed by atoms with Crippen LogP contribution in [0.1, 0.15) is 10.4 Å². The van der Waals surface area contributed by atoms with Crippen molar-refractivity contribution in [2.24, 2.45) is 0 Å². The Labute approximate surface area is 191 Å². The lowest BCUT2D eigenvalue weighted by atomic mass is 10.2. The lowest BCUT2D eigenvalue weighted by molar-refractivity contribution is 0.102. The Kier molecular flexibility index (Phi) is 6.81. The van der Waals surface area contributed by atoms with E-state index >= 15 is 0 Å². The Morgan fingerprint density at radius 3 is 1.75 bits per heavy atom. The molecule has 2 aromatic carbocycles. The van der Waals surface area contributed by atoms with Crippen molar-refractivity contribution in [1.82, 2.24) is 13.6 Å². The first-order chi connectivity index (χ1) is 14.9. The van der Waals surface area contributed by atoms with Crippen LogP contribution in [-0.4, -0.2) is 64.5 Å². The molecule has 0 saturated heterocycles. The molecule has 0 aliphatic carbocycles. The van der Waals surface area contributed by atoms with E-state index in [-0.39, 0.29) is 15.4 Å². The molecule has 170 valence electrons. The largest absolute Gasteiger partial charge is 0.298 e. The first kappa shape index (κ1) is 24.0. The third-order valence-electron chi connectivity index (χ3n) is 4.55. The van der Waals surface area contributed by atoms with E-state index in [4.69, 9.17) is 0 Å². The van der Waals surface area contributed by atoms with E-state index in [0.29, 0.717) is 16.4 Å². The third kappa shape index (κ3) is 4.89. The number of amides is 1. The summed E-state index contributed by atoms with van der Waals surface area (Å²) in [4.78, 5) is 17.1. The van der Waals surface area contributed by atoms with Crippen molar-refractivity contribution in [3.8, 4) is 11.3 Å². The highest BCUT2D eigenvalue weighted by atomic mass is 32.2. The van der Waals surface area contributed by atoms with Crippen LogP contribution in [0.25, 0.3) is 11.3 Å². The van der Waals surface area contributed by atoms with E-state index in [2.05, 4.69) is 10.3 Å². The van der Waals surface area contributed by atoms with Gasteiger partial charge in [-0.2, -0.15) is 0 Å². The zero-order chi connectivity index (χ0) is 23.7. The van der Waals surface area contributed by atoms with Gasteiger partial charge in [-0.1, -0.05) is 12.1 Å². The van der Waals surface area contributed by atoms with Gasteiger partial charge in [-0.3, -0.25) is 10.1 Å². The highest BCUT2D eigenvalue weighted by Crippen LogP contribution is 2.27. The number of carbonyl (C=O) groups is 1. The Balaban J connectivity index is 1.73. The number of rotatable bonds is 7. The number of hydrogen-bond donors (Lipinski definition) is 1. The molecule has 0 aliphatic rings. The fourth-order valence-corrected chi connectivity index (χ4v) is 5.15. The molecule has 3 rings (SSSR count). The van der Waals surface area contributed by atoms with Crippen molar-refractivity contribution in [3.05, 3.63) is 59.5 Å². The van der Waals surface area contributed by atoms with Crippen LogP contribution >= 0.6 is 11.3 Å². The van der Waals surface area contributed by atoms with Gasteiger partial charge < -0.3 is 0 Å². The van der Waals surface area contributed by atoms with Crippen LogP contribution in [0.4, 0.5) is 5.13 Å². The Morgan fingerprint density at radius 1 is 0.812 bits per heavy atom. The number of aromatic nitrogens is 1. The molecule has 1 N–H and O–H groups in total. The van der Waals surface area contributed by atoms with Crippen LogP contribution in [0.5, 0.6) is 0 Å². The van der Waals surface area contributed by atoms with Crippen molar-refractivity contribution in [2.75, 3.05) is 33.5 Å². The molecule has 3 aromatic rings. The first-order valence-corrected chi connectivity index (χ1v) is 13.0. The van der Waals surface area contributed by atoms with Crippen molar-refractivity contribution >= 4 is 42.4 Å². The number of nitrogens with zero attached hydrogens (tertiary/aromatic N) is 3. The second-order valence-corrected chi connectivity index (χ2v) is 12.3. The smallest absolute Gasteiger partial charge is 0.257 e. The zero-order valence-corrected chi connectivity index (χ0v) is 20.3. The molecule has 0 unspecified atom stereocenters. The Bertz CT molecular complexity index is 1330. The fraction of sp³-hybridized carbons (Fsp3) is 0.200. The maximum atomic E-state index is 12.5. The van der Waals surface area contributed by atoms with E-state index in [1.807, 2.05) is 0 Å². The second-order valence-electron chi connectivity index (χ2n) is 7.12. The molecule has 1 heterocycles. The van der Waals surface area contributed by atoms with Crippen LogP contribution in [-0.2, 0) is 20.0 Å². The van der Waals surface area contributed by atoms with Gasteiger partial charge in [-0.05, 0) is 36.4 Å². The summed E-state index contributed by atoms with van der Waals surface area (Å²) in [5.74, 6) is -0.424. The maximum absolute atomic E-state index is 12.5. The molecule has 0 spiro atoms. The topological polar surface area (TPSA) is 117 Å². The summed E-state index contributed by atoms with van der Waals surface area (Å²) >= 11 is 1.22. The standard InChI is InChI=1S/C20H22N4O5S3/c1-23(2)31(26,27)16-9-5-14(6-10-16)18-13-30-20(21-18)22-19(25)15-7-11-17(12-8-15)32(28,29)24(3)4/h5-13H,1-4H3,(H,21,22,25). The zero-order valence-electron chi connectivity index (χ0n) is 17.8. The van der Waals surface area contributed by atoms with Gasteiger partial charge >= 0.3 is 0 Å². The lowest BCUT2D eigenvalue weighted by Crippen LogP contribution is -2.22. The number of carbonyl (C=O) groups excluding carboxylic acids is 1. The van der Waals surface area contributed by atoms with Gasteiger partial charge in [0.2, 0.25) is 20.0 Å². The minimum atomic E-state index is -3.57. The van der Waals surface area contributed by atoms with Crippen LogP contribution in [0.3, 0.4) is 0 Å². The SMILES string of the molecule is CN(C)S(=O)(=O)c1ccc(C(=O)Nc2nc(-c3ccc(S(=O)(=O)N(C)C)cc3)cs2)cc1. The Morgan fingerprint density at radius 2 is 1.28 bits per heavy atom. The lowest BCUT2D eigenvalue weighted by Gasteiger charge is -2.11. The summed E-state index contributed by atoms with van der Waals surface area (Å²) in [5, 5.41) is 4.79. The van der Waals surface area contributed by atoms with Gasteiger partial charge in [0.1, 0.15) is 0 Å². The molecule has 1 amide bonds. The van der Waals surface area contributed by atoms with Gasteiger partial charge in [-0.25, -0.2) is 30.4 Å². The maximum Gasteiger partial charge on any atom is 0.257 e. The summed E-state index contributed by atoms with van der Waals surface area (Å²) in [7, 11) is -1.29. The summed E-state index contributed by atoms with van der Waals surface area (Å²) in [5.41, 5.74) is 1.59. The van der Waals surface area contributed by atoms with E-state index in [0.717, 1.165) is 8.61 Å². The summed E-state index contributed by atoms with van der Waals surface area (Å²) < 4.78 is 50.9. The fourth-order valence-electron chi connectivity index (χ4n) is 2.63. The van der Waals surface area contributed by atoms with Crippen LogP contribution in [0, 0.1) is 0 Å². The van der Waals surface area contributed by atoms with Gasteiger partial charge in [-0.15, -0.1) is 11.3 Å². The quantitative estimate of drug-likeness (QED) is 0.540. The van der Waals surface area contributed by atoms with E-state index in [1.54, 1.807) is 17.5 Å². The minimum Gasteiger partial charge on any atom is -0.298 e. The minimum absolute atomic E-state index is 0.0929. The molecule has 0 saturated carbocycles. The number of thiazole rings is 1. The summed E-state index contributed by atoms with van der Waals surface area (Å²) in [6.45, 7) is 0. The van der Waals surface area contributed by atoms with E-state index < -0.39 is 26.0 Å². The number of benzene rings is 2. The molecule has 0 bridgehead atoms. The van der Waals surface area contributed by atoms with Crippen LogP contribution in [0.15, 0.2) is 63.7 Å². The first-order valence-electron chi connectivity index (χ1n) is 9.25. The number of sulfonamides is 2. The number of anilines is 1. The van der Waals surface area contributed by atoms with Gasteiger partial charge in [0.15, 0.2) is 5.13 Å². The van der Waals surface area contributed by atoms with Gasteiger partial charge in [0.05, 0.1) is 15.5 Å². The summed E-state index contributed by atoms with van der Waals surface area (Å²) in [6.07, 6.45) is 0. The molecule has 0 fully saturated rings. The van der Waals surface area contributed by atoms with Gasteiger partial charge in [0, 0.05) is 44.7 Å². The number of nitrogens with one attached hydrogen (secondary N) is 1. The highest BCUT2D eigenvalue weighted by molar-refractivity contribution is 7.89. The average Bonchev–Trinajstić information content (AvgIpc) is 3.22. The molecular weight excluding hydrogens is 472 g/mol. The normalized spacial score (nSPS) is 12.3. The van der Waals surface area contributed by atoms with E-state index in [9.17, 15) is 21.6 Å². The molecule has 0 radical (unpaired) electrons. The second kappa shape index (κ2) is 9.08. The molecular formula is C20H22N4O5S3. The van der Waals surface area contributed by atoms with Crippen LogP contribution < -0.4 is 5.32 Å². The van der Waals surface area contributed by atoms with Crippen LogP contribution in [0.2, 0.25) is 0 Å². The summed E-state index contributed by atoms with van der Waals surface area (Å²) in [6, 6.07) is 11.9. The Hall–Kier alpha value is -2.64. The highest BCUT2D eigenvalue weighted by Gasteiger charge is 2.19. The monoisotopic (exact) mass is 494 g/mol. The van der Waals surface area contributed by atoms with Crippen molar-refractivity contribution in [1.29, 1.82) is 0 Å². The third-order valence-corrected chi connectivity index (χ3v) is 8.96. The van der Waals surface area contributed by atoms with Crippen molar-refractivity contribution in [2.45, 2.75) is 9.79 Å². The molecule has 0 atom stereocenters. The predicted octanol–water partition coefficient (Wildman–Crippen LogP) is 2.56.